The van der Waals surface area contributed by atoms with Crippen LogP contribution < -0.4 is 10.9 Å². The molecule has 1 atom stereocenters. The molecule has 0 radical (unpaired) electrons. The number of benzene rings is 1. The van der Waals surface area contributed by atoms with Crippen LogP contribution in [-0.4, -0.2) is 40.5 Å². The van der Waals surface area contributed by atoms with Gasteiger partial charge in [0.25, 0.3) is 11.5 Å². The summed E-state index contributed by atoms with van der Waals surface area (Å²) < 4.78 is 6.03. The van der Waals surface area contributed by atoms with Crippen LogP contribution in [-0.2, 0) is 16.1 Å². The van der Waals surface area contributed by atoms with Crippen molar-refractivity contribution in [1.82, 2.24) is 15.1 Å². The Labute approximate surface area is 144 Å². The molecule has 0 aliphatic carbocycles. The van der Waals surface area contributed by atoms with Gasteiger partial charge in [0, 0.05) is 13.2 Å². The SMILES string of the molecule is COCCn1nc(C(=O)NC(CC(=O)O)c2ccccc2)ccc1=O. The summed E-state index contributed by atoms with van der Waals surface area (Å²) in [4.78, 5) is 35.3. The van der Waals surface area contributed by atoms with Crippen molar-refractivity contribution >= 4 is 11.9 Å². The third-order valence-corrected chi connectivity index (χ3v) is 3.49. The van der Waals surface area contributed by atoms with Crippen molar-refractivity contribution in [1.29, 1.82) is 0 Å². The first-order valence-corrected chi connectivity index (χ1v) is 7.66. The molecule has 0 spiro atoms. The molecule has 1 aromatic heterocycles. The Morgan fingerprint density at radius 2 is 1.96 bits per heavy atom. The molecular weight excluding hydrogens is 326 g/mol. The molecule has 0 bridgehead atoms. The predicted molar refractivity (Wildman–Crippen MR) is 89.3 cm³/mol. The second kappa shape index (κ2) is 8.74. The Kier molecular flexibility index (Phi) is 6.41. The number of carboxylic acid groups (broad SMARTS) is 1. The number of hydrogen-bond donors (Lipinski definition) is 2. The van der Waals surface area contributed by atoms with Gasteiger partial charge in [0.2, 0.25) is 0 Å². The first kappa shape index (κ1) is 18.3. The molecule has 1 amide bonds. The fourth-order valence-electron chi connectivity index (χ4n) is 2.25. The Morgan fingerprint density at radius 1 is 1.24 bits per heavy atom. The van der Waals surface area contributed by atoms with Gasteiger partial charge in [-0.05, 0) is 11.6 Å². The van der Waals surface area contributed by atoms with E-state index in [-0.39, 0.29) is 30.8 Å². The number of nitrogens with one attached hydrogen (secondary N) is 1. The number of amides is 1. The molecule has 1 unspecified atom stereocenters. The maximum absolute atomic E-state index is 12.4. The normalized spacial score (nSPS) is 11.7. The molecule has 2 aromatic rings. The van der Waals surface area contributed by atoms with E-state index in [0.29, 0.717) is 5.56 Å². The molecule has 8 nitrogen and oxygen atoms in total. The third kappa shape index (κ3) is 5.25. The Morgan fingerprint density at radius 3 is 2.60 bits per heavy atom. The molecule has 0 aliphatic rings. The highest BCUT2D eigenvalue weighted by atomic mass is 16.5. The van der Waals surface area contributed by atoms with E-state index in [0.717, 1.165) is 4.68 Å². The van der Waals surface area contributed by atoms with Crippen LogP contribution in [0.1, 0.15) is 28.5 Å². The van der Waals surface area contributed by atoms with Crippen LogP contribution in [0.25, 0.3) is 0 Å². The highest BCUT2D eigenvalue weighted by Gasteiger charge is 2.20. The van der Waals surface area contributed by atoms with E-state index in [2.05, 4.69) is 10.4 Å². The number of aliphatic carboxylic acids is 1. The van der Waals surface area contributed by atoms with E-state index in [9.17, 15) is 14.4 Å². The summed E-state index contributed by atoms with van der Waals surface area (Å²) in [6, 6.07) is 10.7. The van der Waals surface area contributed by atoms with Crippen molar-refractivity contribution in [3.8, 4) is 0 Å². The molecule has 0 saturated heterocycles. The smallest absolute Gasteiger partial charge is 0.305 e. The summed E-state index contributed by atoms with van der Waals surface area (Å²) in [6.07, 6.45) is -0.265. The summed E-state index contributed by atoms with van der Waals surface area (Å²) in [5, 5.41) is 15.7. The second-order valence-corrected chi connectivity index (χ2v) is 5.31. The van der Waals surface area contributed by atoms with Crippen LogP contribution in [0.15, 0.2) is 47.3 Å². The Balaban J connectivity index is 2.20. The van der Waals surface area contributed by atoms with Gasteiger partial charge < -0.3 is 15.2 Å². The van der Waals surface area contributed by atoms with E-state index < -0.39 is 17.9 Å². The number of aromatic nitrogens is 2. The van der Waals surface area contributed by atoms with Crippen molar-refractivity contribution in [3.63, 3.8) is 0 Å². The molecule has 1 aromatic carbocycles. The first-order chi connectivity index (χ1) is 12.0. The quantitative estimate of drug-likeness (QED) is 0.733. The Bertz CT molecular complexity index is 788. The number of carbonyl (C=O) groups excluding carboxylic acids is 1. The molecule has 8 heteroatoms. The maximum atomic E-state index is 12.4. The van der Waals surface area contributed by atoms with Crippen LogP contribution in [0.2, 0.25) is 0 Å². The number of ether oxygens (including phenoxy) is 1. The van der Waals surface area contributed by atoms with Crippen LogP contribution in [0.5, 0.6) is 0 Å². The van der Waals surface area contributed by atoms with Gasteiger partial charge in [-0.15, -0.1) is 0 Å². The summed E-state index contributed by atoms with van der Waals surface area (Å²) in [6.45, 7) is 0.497. The molecule has 0 fully saturated rings. The van der Waals surface area contributed by atoms with Crippen molar-refractivity contribution in [3.05, 3.63) is 64.1 Å². The van der Waals surface area contributed by atoms with E-state index in [4.69, 9.17) is 9.84 Å². The average Bonchev–Trinajstić information content (AvgIpc) is 2.60. The van der Waals surface area contributed by atoms with Gasteiger partial charge in [0.15, 0.2) is 0 Å². The van der Waals surface area contributed by atoms with Gasteiger partial charge in [-0.25, -0.2) is 4.68 Å². The van der Waals surface area contributed by atoms with Gasteiger partial charge >= 0.3 is 5.97 Å². The number of methoxy groups -OCH3 is 1. The van der Waals surface area contributed by atoms with Gasteiger partial charge in [0.05, 0.1) is 25.6 Å². The highest BCUT2D eigenvalue weighted by Crippen LogP contribution is 2.17. The van der Waals surface area contributed by atoms with E-state index >= 15 is 0 Å². The lowest BCUT2D eigenvalue weighted by Crippen LogP contribution is -2.33. The minimum Gasteiger partial charge on any atom is -0.481 e. The molecule has 0 aliphatic heterocycles. The van der Waals surface area contributed by atoms with Crippen molar-refractivity contribution in [2.75, 3.05) is 13.7 Å². The van der Waals surface area contributed by atoms with Crippen LogP contribution in [0.4, 0.5) is 0 Å². The van der Waals surface area contributed by atoms with Gasteiger partial charge in [-0.3, -0.25) is 14.4 Å². The lowest BCUT2D eigenvalue weighted by atomic mass is 10.0. The number of nitrogens with zero attached hydrogens (tertiary/aromatic N) is 2. The van der Waals surface area contributed by atoms with E-state index in [1.807, 2.05) is 0 Å². The van der Waals surface area contributed by atoms with Crippen molar-refractivity contribution in [2.45, 2.75) is 19.0 Å². The van der Waals surface area contributed by atoms with Crippen molar-refractivity contribution in [2.24, 2.45) is 0 Å². The molecule has 25 heavy (non-hydrogen) atoms. The maximum Gasteiger partial charge on any atom is 0.305 e. The summed E-state index contributed by atoms with van der Waals surface area (Å²) in [5.74, 6) is -1.59. The lowest BCUT2D eigenvalue weighted by molar-refractivity contribution is -0.137. The summed E-state index contributed by atoms with van der Waals surface area (Å²) >= 11 is 0. The zero-order valence-corrected chi connectivity index (χ0v) is 13.7. The fourth-order valence-corrected chi connectivity index (χ4v) is 2.25. The van der Waals surface area contributed by atoms with E-state index in [1.165, 1.54) is 19.2 Å². The summed E-state index contributed by atoms with van der Waals surface area (Å²) in [5.41, 5.74) is 0.353. The number of hydrogen-bond acceptors (Lipinski definition) is 5. The zero-order valence-electron chi connectivity index (χ0n) is 13.7. The summed E-state index contributed by atoms with van der Waals surface area (Å²) in [7, 11) is 1.50. The Hall–Kier alpha value is -3.00. The molecule has 132 valence electrons. The van der Waals surface area contributed by atoms with Gasteiger partial charge in [-0.2, -0.15) is 5.10 Å². The first-order valence-electron chi connectivity index (χ1n) is 7.66. The molecule has 2 N–H and O–H groups in total. The number of rotatable bonds is 8. The minimum atomic E-state index is -1.04. The fraction of sp³-hybridized carbons (Fsp3) is 0.294. The zero-order chi connectivity index (χ0) is 18.2. The van der Waals surface area contributed by atoms with Gasteiger partial charge in [0.1, 0.15) is 5.69 Å². The molecular formula is C17H19N3O5. The number of carbonyl (C=O) groups is 2. The molecule has 0 saturated carbocycles. The molecule has 1 heterocycles. The molecule has 2 rings (SSSR count). The minimum absolute atomic E-state index is 0.0297. The standard InChI is InChI=1S/C17H19N3O5/c1-25-10-9-20-15(21)8-7-13(19-20)17(24)18-14(11-16(22)23)12-5-3-2-4-6-12/h2-8,14H,9-11H2,1H3,(H,18,24)(H,22,23). The average molecular weight is 345 g/mol. The third-order valence-electron chi connectivity index (χ3n) is 3.49. The lowest BCUT2D eigenvalue weighted by Gasteiger charge is -2.17. The number of carboxylic acids is 1. The van der Waals surface area contributed by atoms with Crippen LogP contribution in [0.3, 0.4) is 0 Å². The predicted octanol–water partition coefficient (Wildman–Crippen LogP) is 0.835. The highest BCUT2D eigenvalue weighted by molar-refractivity contribution is 5.92. The van der Waals surface area contributed by atoms with Crippen LogP contribution >= 0.6 is 0 Å². The van der Waals surface area contributed by atoms with Gasteiger partial charge in [-0.1, -0.05) is 30.3 Å². The largest absolute Gasteiger partial charge is 0.481 e. The van der Waals surface area contributed by atoms with Crippen LogP contribution in [0, 0.1) is 0 Å². The van der Waals surface area contributed by atoms with E-state index in [1.54, 1.807) is 30.3 Å². The second-order valence-electron chi connectivity index (χ2n) is 5.31. The monoisotopic (exact) mass is 345 g/mol. The van der Waals surface area contributed by atoms with Crippen molar-refractivity contribution < 1.29 is 19.4 Å². The topological polar surface area (TPSA) is 111 Å².